The van der Waals surface area contributed by atoms with E-state index in [1.807, 2.05) is 18.2 Å². The smallest absolute Gasteiger partial charge is 0.227 e. The van der Waals surface area contributed by atoms with Crippen LogP contribution in [0.15, 0.2) is 29.3 Å². The molecule has 12 heavy (non-hydrogen) atoms. The van der Waals surface area contributed by atoms with Gasteiger partial charge in [-0.3, -0.25) is 0 Å². The molecule has 0 saturated carbocycles. The summed E-state index contributed by atoms with van der Waals surface area (Å²) in [5.74, 6) is 0.501. The average Bonchev–Trinajstić information content (AvgIpc) is 2.04. The first kappa shape index (κ1) is 7.31. The van der Waals surface area contributed by atoms with Crippen molar-refractivity contribution in [3.63, 3.8) is 0 Å². The predicted octanol–water partition coefficient (Wildman–Crippen LogP) is 1.76. The zero-order chi connectivity index (χ0) is 8.55. The number of fused-ring (bicyclic) bond motifs is 1. The van der Waals surface area contributed by atoms with Gasteiger partial charge in [0.25, 0.3) is 0 Å². The van der Waals surface area contributed by atoms with Crippen molar-refractivity contribution in [3.8, 4) is 0 Å². The van der Waals surface area contributed by atoms with Crippen molar-refractivity contribution in [3.05, 3.63) is 29.8 Å². The second-order valence-electron chi connectivity index (χ2n) is 2.66. The van der Waals surface area contributed by atoms with Crippen molar-refractivity contribution in [1.29, 1.82) is 0 Å². The lowest BCUT2D eigenvalue weighted by atomic mass is 10.1. The first-order valence-corrected chi connectivity index (χ1v) is 3.76. The number of hydrogen-bond acceptors (Lipinski definition) is 3. The van der Waals surface area contributed by atoms with Crippen LogP contribution in [0.25, 0.3) is 0 Å². The van der Waals surface area contributed by atoms with Gasteiger partial charge in [-0.15, -0.1) is 0 Å². The molecule has 1 unspecified atom stereocenters. The molecule has 2 rings (SSSR count). The normalized spacial score (nSPS) is 20.8. The van der Waals surface area contributed by atoms with Crippen LogP contribution in [0.2, 0.25) is 0 Å². The monoisotopic (exact) mass is 163 g/mol. The summed E-state index contributed by atoms with van der Waals surface area (Å²) in [6.45, 7) is 1.72. The molecule has 1 N–H and O–H groups in total. The van der Waals surface area contributed by atoms with Crippen LogP contribution in [-0.2, 0) is 4.74 Å². The molecule has 0 saturated heterocycles. The summed E-state index contributed by atoms with van der Waals surface area (Å²) >= 11 is 0. The summed E-state index contributed by atoms with van der Waals surface area (Å²) in [7, 11) is 0. The Morgan fingerprint density at radius 3 is 3.00 bits per heavy atom. The third-order valence-electron chi connectivity index (χ3n) is 1.76. The van der Waals surface area contributed by atoms with Crippen LogP contribution in [0.1, 0.15) is 18.8 Å². The maximum atomic E-state index is 9.43. The van der Waals surface area contributed by atoms with Gasteiger partial charge in [-0.1, -0.05) is 18.2 Å². The molecule has 3 nitrogen and oxygen atoms in total. The maximum Gasteiger partial charge on any atom is 0.227 e. The van der Waals surface area contributed by atoms with E-state index in [1.165, 1.54) is 0 Å². The molecule has 0 spiro atoms. The zero-order valence-corrected chi connectivity index (χ0v) is 6.69. The predicted molar refractivity (Wildman–Crippen MR) is 45.3 cm³/mol. The van der Waals surface area contributed by atoms with E-state index in [1.54, 1.807) is 13.0 Å². The molecule has 0 aromatic heterocycles. The van der Waals surface area contributed by atoms with Crippen molar-refractivity contribution in [2.45, 2.75) is 13.2 Å². The minimum absolute atomic E-state index is 0.501. The quantitative estimate of drug-likeness (QED) is 0.633. The van der Waals surface area contributed by atoms with Crippen molar-refractivity contribution in [2.75, 3.05) is 0 Å². The highest BCUT2D eigenvalue weighted by atomic mass is 16.6. The lowest BCUT2D eigenvalue weighted by Crippen LogP contribution is -2.12. The Kier molecular flexibility index (Phi) is 1.59. The van der Waals surface area contributed by atoms with Gasteiger partial charge in [-0.25, -0.2) is 4.99 Å². The van der Waals surface area contributed by atoms with Crippen LogP contribution in [-0.4, -0.2) is 11.0 Å². The molecule has 62 valence electrons. The molecule has 0 bridgehead atoms. The van der Waals surface area contributed by atoms with E-state index in [2.05, 4.69) is 4.99 Å². The van der Waals surface area contributed by atoms with Crippen LogP contribution in [0.5, 0.6) is 0 Å². The van der Waals surface area contributed by atoms with E-state index in [4.69, 9.17) is 4.74 Å². The summed E-state index contributed by atoms with van der Waals surface area (Å²) in [5.41, 5.74) is 1.51. The van der Waals surface area contributed by atoms with E-state index in [9.17, 15) is 5.11 Å². The van der Waals surface area contributed by atoms with E-state index in [-0.39, 0.29) is 0 Å². The van der Waals surface area contributed by atoms with E-state index >= 15 is 0 Å². The van der Waals surface area contributed by atoms with Gasteiger partial charge in [0, 0.05) is 12.5 Å². The van der Waals surface area contributed by atoms with Gasteiger partial charge in [0.1, 0.15) is 0 Å². The van der Waals surface area contributed by atoms with E-state index < -0.39 is 6.29 Å². The second-order valence-corrected chi connectivity index (χ2v) is 2.66. The maximum absolute atomic E-state index is 9.43. The zero-order valence-electron chi connectivity index (χ0n) is 6.69. The third kappa shape index (κ3) is 1.08. The van der Waals surface area contributed by atoms with Gasteiger partial charge >= 0.3 is 0 Å². The van der Waals surface area contributed by atoms with Crippen molar-refractivity contribution >= 4 is 11.6 Å². The fourth-order valence-corrected chi connectivity index (χ4v) is 1.22. The Hall–Kier alpha value is -1.35. The number of aliphatic hydroxyl groups is 1. The third-order valence-corrected chi connectivity index (χ3v) is 1.76. The number of aliphatic hydroxyl groups excluding tert-OH is 1. The molecule has 1 aliphatic heterocycles. The summed E-state index contributed by atoms with van der Waals surface area (Å²) in [6.07, 6.45) is -0.862. The number of nitrogens with zero attached hydrogens (tertiary/aromatic N) is 1. The lowest BCUT2D eigenvalue weighted by Gasteiger charge is -2.19. The van der Waals surface area contributed by atoms with Crippen LogP contribution >= 0.6 is 0 Å². The lowest BCUT2D eigenvalue weighted by molar-refractivity contribution is -0.0328. The van der Waals surface area contributed by atoms with Gasteiger partial charge in [-0.2, -0.15) is 0 Å². The molecule has 0 amide bonds. The molecule has 1 aliphatic rings. The summed E-state index contributed by atoms with van der Waals surface area (Å²) in [6, 6.07) is 7.38. The molecule has 3 heteroatoms. The summed E-state index contributed by atoms with van der Waals surface area (Å²) in [5, 5.41) is 9.43. The topological polar surface area (TPSA) is 41.8 Å². The molecule has 1 aromatic carbocycles. The van der Waals surface area contributed by atoms with Crippen molar-refractivity contribution in [1.82, 2.24) is 0 Å². The number of aliphatic imine (C=N–C) groups is 1. The fourth-order valence-electron chi connectivity index (χ4n) is 1.22. The molecule has 1 heterocycles. The number of benzene rings is 1. The number of ether oxygens (including phenoxy) is 1. The van der Waals surface area contributed by atoms with Gasteiger partial charge in [0.2, 0.25) is 6.29 Å². The van der Waals surface area contributed by atoms with Gasteiger partial charge < -0.3 is 9.84 Å². The van der Waals surface area contributed by atoms with Crippen LogP contribution in [0.4, 0.5) is 5.69 Å². The second kappa shape index (κ2) is 2.60. The first-order chi connectivity index (χ1) is 5.77. The fraction of sp³-hybridized carbons (Fsp3) is 0.222. The Labute approximate surface area is 70.3 Å². The molecular formula is C9H9NO2. The number of para-hydroxylation sites is 1. The standard InChI is InChI=1S/C9H9NO2/c1-6-10-8-5-3-2-4-7(8)9(11)12-6/h2-5,9,11H,1H3. The van der Waals surface area contributed by atoms with E-state index in [0.717, 1.165) is 11.3 Å². The Morgan fingerprint density at radius 2 is 2.17 bits per heavy atom. The number of hydrogen-bond donors (Lipinski definition) is 1. The van der Waals surface area contributed by atoms with Gasteiger partial charge in [0.05, 0.1) is 5.69 Å². The van der Waals surface area contributed by atoms with Gasteiger partial charge in [-0.05, 0) is 6.07 Å². The SMILES string of the molecule is CC1=Nc2ccccc2C(O)O1. The molecular weight excluding hydrogens is 154 g/mol. The first-order valence-electron chi connectivity index (χ1n) is 3.76. The molecule has 0 radical (unpaired) electrons. The van der Waals surface area contributed by atoms with Crippen molar-refractivity contribution < 1.29 is 9.84 Å². The average molecular weight is 163 g/mol. The largest absolute Gasteiger partial charge is 0.448 e. The minimum atomic E-state index is -0.862. The van der Waals surface area contributed by atoms with E-state index in [0.29, 0.717) is 5.90 Å². The Balaban J connectivity index is 2.55. The van der Waals surface area contributed by atoms with Crippen LogP contribution in [0.3, 0.4) is 0 Å². The highest BCUT2D eigenvalue weighted by Crippen LogP contribution is 2.30. The molecule has 1 aromatic rings. The highest BCUT2D eigenvalue weighted by molar-refractivity contribution is 5.79. The summed E-state index contributed by atoms with van der Waals surface area (Å²) < 4.78 is 5.02. The highest BCUT2D eigenvalue weighted by Gasteiger charge is 2.18. The van der Waals surface area contributed by atoms with Crippen molar-refractivity contribution in [2.24, 2.45) is 4.99 Å². The Morgan fingerprint density at radius 1 is 1.42 bits per heavy atom. The van der Waals surface area contributed by atoms with Crippen LogP contribution < -0.4 is 0 Å². The number of rotatable bonds is 0. The van der Waals surface area contributed by atoms with Crippen LogP contribution in [0, 0.1) is 0 Å². The minimum Gasteiger partial charge on any atom is -0.448 e. The molecule has 1 atom stereocenters. The van der Waals surface area contributed by atoms with Gasteiger partial charge in [0.15, 0.2) is 5.90 Å². The summed E-state index contributed by atoms with van der Waals surface area (Å²) in [4.78, 5) is 4.13. The molecule has 0 aliphatic carbocycles. The Bertz CT molecular complexity index is 333. The molecule has 0 fully saturated rings.